The third kappa shape index (κ3) is 3.89. The molecule has 1 aromatic rings. The van der Waals surface area contributed by atoms with E-state index in [1.54, 1.807) is 23.3 Å². The van der Waals surface area contributed by atoms with Crippen LogP contribution in [0.3, 0.4) is 0 Å². The van der Waals surface area contributed by atoms with Gasteiger partial charge in [0.05, 0.1) is 18.6 Å². The van der Waals surface area contributed by atoms with Crippen molar-refractivity contribution in [2.24, 2.45) is 5.92 Å². The predicted molar refractivity (Wildman–Crippen MR) is 93.5 cm³/mol. The summed E-state index contributed by atoms with van der Waals surface area (Å²) < 4.78 is 6.70. The highest BCUT2D eigenvalue weighted by Gasteiger charge is 2.32. The molecule has 7 nitrogen and oxygen atoms in total. The number of amides is 1. The summed E-state index contributed by atoms with van der Waals surface area (Å²) in [6, 6.07) is 1.37. The Bertz CT molecular complexity index is 725. The van der Waals surface area contributed by atoms with Gasteiger partial charge in [0.1, 0.15) is 0 Å². The Morgan fingerprint density at radius 1 is 1.36 bits per heavy atom. The van der Waals surface area contributed by atoms with Gasteiger partial charge in [-0.3, -0.25) is 19.0 Å². The first-order valence-electron chi connectivity index (χ1n) is 8.67. The fourth-order valence-electron chi connectivity index (χ4n) is 3.37. The van der Waals surface area contributed by atoms with Gasteiger partial charge in [0.25, 0.3) is 5.56 Å². The molecule has 0 N–H and O–H groups in total. The zero-order chi connectivity index (χ0) is 18.0. The van der Waals surface area contributed by atoms with Gasteiger partial charge in [0.2, 0.25) is 5.91 Å². The van der Waals surface area contributed by atoms with Gasteiger partial charge < -0.3 is 9.64 Å². The number of rotatable bonds is 4. The Morgan fingerprint density at radius 3 is 2.76 bits per heavy atom. The van der Waals surface area contributed by atoms with Crippen molar-refractivity contribution in [2.45, 2.75) is 44.3 Å². The zero-order valence-electron chi connectivity index (χ0n) is 14.6. The Hall–Kier alpha value is -1.83. The number of hydrogen-bond donors (Lipinski definition) is 0. The molecule has 1 saturated heterocycles. The molecule has 8 heteroatoms. The normalized spacial score (nSPS) is 20.4. The molecule has 136 valence electrons. The summed E-state index contributed by atoms with van der Waals surface area (Å²) in [5, 5.41) is 0.698. The lowest BCUT2D eigenvalue weighted by molar-refractivity contribution is -0.151. The van der Waals surface area contributed by atoms with Gasteiger partial charge in [-0.05, 0) is 26.7 Å². The first-order chi connectivity index (χ1) is 12.0. The van der Waals surface area contributed by atoms with Crippen molar-refractivity contribution in [3.63, 3.8) is 0 Å². The molecule has 2 aliphatic heterocycles. The quantitative estimate of drug-likeness (QED) is 0.592. The van der Waals surface area contributed by atoms with Crippen molar-refractivity contribution in [1.29, 1.82) is 0 Å². The molecule has 1 aromatic heterocycles. The van der Waals surface area contributed by atoms with Gasteiger partial charge in [-0.25, -0.2) is 4.98 Å². The SMILES string of the molecule is CCOC(=O)C1CCN(C(=O)CC2CSc3nc(C)cc(=O)n32)CC1. The predicted octanol–water partition coefficient (Wildman–Crippen LogP) is 1.39. The van der Waals surface area contributed by atoms with E-state index in [9.17, 15) is 14.4 Å². The maximum absolute atomic E-state index is 12.6. The number of piperidine rings is 1. The minimum absolute atomic E-state index is 0.0354. The molecule has 2 aliphatic rings. The molecular formula is C17H23N3O4S. The van der Waals surface area contributed by atoms with Crippen LogP contribution in [0.25, 0.3) is 0 Å². The first kappa shape index (κ1) is 18.0. The Labute approximate surface area is 150 Å². The summed E-state index contributed by atoms with van der Waals surface area (Å²) in [5.74, 6) is 0.454. The van der Waals surface area contributed by atoms with Crippen molar-refractivity contribution in [3.05, 3.63) is 22.1 Å². The van der Waals surface area contributed by atoms with E-state index >= 15 is 0 Å². The minimum atomic E-state index is -0.163. The molecule has 1 amide bonds. The monoisotopic (exact) mass is 365 g/mol. The Kier molecular flexibility index (Phi) is 5.46. The summed E-state index contributed by atoms with van der Waals surface area (Å²) >= 11 is 1.52. The molecule has 25 heavy (non-hydrogen) atoms. The summed E-state index contributed by atoms with van der Waals surface area (Å²) in [4.78, 5) is 42.8. The van der Waals surface area contributed by atoms with E-state index in [2.05, 4.69) is 4.98 Å². The molecule has 0 radical (unpaired) electrons. The molecule has 1 atom stereocenters. The molecule has 3 heterocycles. The maximum atomic E-state index is 12.6. The van der Waals surface area contributed by atoms with Crippen LogP contribution in [0.2, 0.25) is 0 Å². The summed E-state index contributed by atoms with van der Waals surface area (Å²) in [7, 11) is 0. The van der Waals surface area contributed by atoms with Gasteiger partial charge in [0.15, 0.2) is 5.16 Å². The minimum Gasteiger partial charge on any atom is -0.466 e. The maximum Gasteiger partial charge on any atom is 0.309 e. The number of ether oxygens (including phenoxy) is 1. The Balaban J connectivity index is 1.59. The number of aryl methyl sites for hydroxylation is 1. The number of nitrogens with zero attached hydrogens (tertiary/aromatic N) is 3. The van der Waals surface area contributed by atoms with E-state index in [4.69, 9.17) is 4.74 Å². The fourth-order valence-corrected chi connectivity index (χ4v) is 4.56. The molecule has 0 aromatic carbocycles. The number of carbonyl (C=O) groups is 2. The zero-order valence-corrected chi connectivity index (χ0v) is 15.4. The summed E-state index contributed by atoms with van der Waals surface area (Å²) in [5.41, 5.74) is 0.614. The standard InChI is InChI=1S/C17H23N3O4S/c1-3-24-16(23)12-4-6-19(7-5-12)14(21)9-13-10-25-17-18-11(2)8-15(22)20(13)17/h8,12-13H,3-7,9-10H2,1-2H3. The lowest BCUT2D eigenvalue weighted by atomic mass is 9.96. The highest BCUT2D eigenvalue weighted by atomic mass is 32.2. The number of fused-ring (bicyclic) bond motifs is 1. The summed E-state index contributed by atoms with van der Waals surface area (Å²) in [6.45, 7) is 5.12. The first-order valence-corrected chi connectivity index (χ1v) is 9.65. The van der Waals surface area contributed by atoms with E-state index in [-0.39, 0.29) is 29.4 Å². The smallest absolute Gasteiger partial charge is 0.309 e. The Morgan fingerprint density at radius 2 is 2.08 bits per heavy atom. The van der Waals surface area contributed by atoms with Crippen LogP contribution in [0.4, 0.5) is 0 Å². The third-order valence-corrected chi connectivity index (χ3v) is 5.79. The largest absolute Gasteiger partial charge is 0.466 e. The van der Waals surface area contributed by atoms with Crippen molar-refractivity contribution < 1.29 is 14.3 Å². The van der Waals surface area contributed by atoms with E-state index in [1.165, 1.54) is 17.8 Å². The topological polar surface area (TPSA) is 81.5 Å². The van der Waals surface area contributed by atoms with Crippen LogP contribution >= 0.6 is 11.8 Å². The second-order valence-corrected chi connectivity index (χ2v) is 7.45. The van der Waals surface area contributed by atoms with Gasteiger partial charge in [0, 0.05) is 37.0 Å². The number of thioether (sulfide) groups is 1. The molecule has 0 spiro atoms. The number of hydrogen-bond acceptors (Lipinski definition) is 6. The number of likely N-dealkylation sites (tertiary alicyclic amines) is 1. The lowest BCUT2D eigenvalue weighted by Crippen LogP contribution is -2.41. The highest BCUT2D eigenvalue weighted by Crippen LogP contribution is 2.32. The van der Waals surface area contributed by atoms with Gasteiger partial charge in [-0.2, -0.15) is 0 Å². The lowest BCUT2D eigenvalue weighted by Gasteiger charge is -2.31. The second kappa shape index (κ2) is 7.59. The van der Waals surface area contributed by atoms with Crippen LogP contribution in [0.1, 0.15) is 37.9 Å². The van der Waals surface area contributed by atoms with Crippen LogP contribution in [-0.2, 0) is 14.3 Å². The van der Waals surface area contributed by atoms with E-state index < -0.39 is 0 Å². The molecule has 0 saturated carbocycles. The van der Waals surface area contributed by atoms with Crippen molar-refractivity contribution in [2.75, 3.05) is 25.4 Å². The number of aromatic nitrogens is 2. The van der Waals surface area contributed by atoms with Gasteiger partial charge in [-0.15, -0.1) is 0 Å². The molecular weight excluding hydrogens is 342 g/mol. The van der Waals surface area contributed by atoms with E-state index in [0.717, 1.165) is 0 Å². The van der Waals surface area contributed by atoms with E-state index in [1.807, 2.05) is 0 Å². The number of esters is 1. The highest BCUT2D eigenvalue weighted by molar-refractivity contribution is 7.99. The average molecular weight is 365 g/mol. The third-order valence-electron chi connectivity index (χ3n) is 4.70. The van der Waals surface area contributed by atoms with Gasteiger partial charge in [-0.1, -0.05) is 11.8 Å². The number of carbonyl (C=O) groups excluding carboxylic acids is 2. The van der Waals surface area contributed by atoms with Crippen molar-refractivity contribution >= 4 is 23.6 Å². The second-order valence-electron chi connectivity index (χ2n) is 6.46. The van der Waals surface area contributed by atoms with Crippen molar-refractivity contribution in [3.8, 4) is 0 Å². The molecule has 1 fully saturated rings. The molecule has 0 bridgehead atoms. The fraction of sp³-hybridized carbons (Fsp3) is 0.647. The van der Waals surface area contributed by atoms with E-state index in [0.29, 0.717) is 55.6 Å². The molecule has 0 aliphatic carbocycles. The van der Waals surface area contributed by atoms with Crippen LogP contribution in [0, 0.1) is 12.8 Å². The molecule has 1 unspecified atom stereocenters. The van der Waals surface area contributed by atoms with Crippen LogP contribution < -0.4 is 5.56 Å². The van der Waals surface area contributed by atoms with Crippen LogP contribution in [0.15, 0.2) is 16.0 Å². The van der Waals surface area contributed by atoms with Crippen LogP contribution in [-0.4, -0.2) is 51.8 Å². The molecule has 3 rings (SSSR count). The average Bonchev–Trinajstić information content (AvgIpc) is 2.98. The van der Waals surface area contributed by atoms with Crippen molar-refractivity contribution in [1.82, 2.24) is 14.5 Å². The van der Waals surface area contributed by atoms with Gasteiger partial charge >= 0.3 is 5.97 Å². The van der Waals surface area contributed by atoms with Crippen LogP contribution in [0.5, 0.6) is 0 Å². The summed E-state index contributed by atoms with van der Waals surface area (Å²) in [6.07, 6.45) is 1.58.